The molecule has 0 bridgehead atoms. The van der Waals surface area contributed by atoms with Gasteiger partial charge in [-0.15, -0.1) is 0 Å². The van der Waals surface area contributed by atoms with Crippen LogP contribution in [0.3, 0.4) is 0 Å². The van der Waals surface area contributed by atoms with E-state index in [1.807, 2.05) is 51.1 Å². The fraction of sp³-hybridized carbons (Fsp3) is 0.500. The molecule has 168 valence electrons. The first kappa shape index (κ1) is 23.3. The number of amides is 1. The van der Waals surface area contributed by atoms with Crippen LogP contribution in [-0.2, 0) is 24.1 Å². The molecule has 1 heterocycles. The SMILES string of the molecule is C[C@H]1Cc2ccccc2CN(C[C@@H](O)[C@H](Cc2ccccc2)NC(=O)OC(C)(C)C)C1. The fourth-order valence-corrected chi connectivity index (χ4v) is 4.24. The monoisotopic (exact) mass is 424 g/mol. The highest BCUT2D eigenvalue weighted by Gasteiger charge is 2.28. The molecular weight excluding hydrogens is 388 g/mol. The highest BCUT2D eigenvalue weighted by Crippen LogP contribution is 2.22. The summed E-state index contributed by atoms with van der Waals surface area (Å²) in [5, 5.41) is 14.1. The summed E-state index contributed by atoms with van der Waals surface area (Å²) in [5.74, 6) is 0.502. The van der Waals surface area contributed by atoms with Gasteiger partial charge in [-0.25, -0.2) is 4.79 Å². The molecule has 1 aliphatic rings. The third kappa shape index (κ3) is 7.37. The molecule has 0 radical (unpaired) electrons. The lowest BCUT2D eigenvalue weighted by Gasteiger charge is -2.31. The van der Waals surface area contributed by atoms with Gasteiger partial charge in [-0.2, -0.15) is 0 Å². The predicted octanol–water partition coefficient (Wildman–Crippen LogP) is 4.18. The Bertz CT molecular complexity index is 847. The zero-order chi connectivity index (χ0) is 22.4. The number of hydrogen-bond acceptors (Lipinski definition) is 4. The first-order chi connectivity index (χ1) is 14.7. The molecule has 0 saturated carbocycles. The Balaban J connectivity index is 1.72. The van der Waals surface area contributed by atoms with E-state index in [1.165, 1.54) is 11.1 Å². The van der Waals surface area contributed by atoms with E-state index in [-0.39, 0.29) is 0 Å². The van der Waals surface area contributed by atoms with Gasteiger partial charge in [-0.3, -0.25) is 4.90 Å². The molecular formula is C26H36N2O3. The average Bonchev–Trinajstić information content (AvgIpc) is 2.84. The highest BCUT2D eigenvalue weighted by molar-refractivity contribution is 5.68. The molecule has 2 aromatic carbocycles. The van der Waals surface area contributed by atoms with Crippen LogP contribution in [0.25, 0.3) is 0 Å². The fourth-order valence-electron chi connectivity index (χ4n) is 4.24. The quantitative estimate of drug-likeness (QED) is 0.730. The zero-order valence-corrected chi connectivity index (χ0v) is 19.2. The molecule has 5 nitrogen and oxygen atoms in total. The summed E-state index contributed by atoms with van der Waals surface area (Å²) in [7, 11) is 0. The molecule has 2 N–H and O–H groups in total. The Labute approximate surface area is 186 Å². The van der Waals surface area contributed by atoms with Crippen molar-refractivity contribution in [3.63, 3.8) is 0 Å². The molecule has 0 saturated heterocycles. The van der Waals surface area contributed by atoms with Gasteiger partial charge in [0.15, 0.2) is 0 Å². The second-order valence-corrected chi connectivity index (χ2v) is 9.78. The van der Waals surface area contributed by atoms with Gasteiger partial charge in [0.05, 0.1) is 12.1 Å². The van der Waals surface area contributed by atoms with E-state index in [0.29, 0.717) is 18.9 Å². The third-order valence-electron chi connectivity index (χ3n) is 5.56. The number of β-amino-alcohol motifs (C(OH)–C–C–N with tert-alkyl or cyclic N) is 1. The molecule has 31 heavy (non-hydrogen) atoms. The van der Waals surface area contributed by atoms with E-state index in [0.717, 1.165) is 25.1 Å². The smallest absolute Gasteiger partial charge is 0.407 e. The van der Waals surface area contributed by atoms with E-state index in [1.54, 1.807) is 0 Å². The van der Waals surface area contributed by atoms with Gasteiger partial charge in [-0.1, -0.05) is 61.5 Å². The Hall–Kier alpha value is -2.37. The van der Waals surface area contributed by atoms with Gasteiger partial charge in [0, 0.05) is 19.6 Å². The lowest BCUT2D eigenvalue weighted by Crippen LogP contribution is -2.50. The maximum absolute atomic E-state index is 12.5. The molecule has 5 heteroatoms. The number of nitrogens with zero attached hydrogens (tertiary/aromatic N) is 1. The van der Waals surface area contributed by atoms with Crippen molar-refractivity contribution in [3.05, 3.63) is 71.3 Å². The molecule has 1 aliphatic heterocycles. The second kappa shape index (κ2) is 10.3. The second-order valence-electron chi connectivity index (χ2n) is 9.78. The Morgan fingerprint density at radius 1 is 1.13 bits per heavy atom. The number of alkyl carbamates (subject to hydrolysis) is 1. The molecule has 0 fully saturated rings. The molecule has 3 rings (SSSR count). The number of hydrogen-bond donors (Lipinski definition) is 2. The van der Waals surface area contributed by atoms with Crippen molar-refractivity contribution in [3.8, 4) is 0 Å². The van der Waals surface area contributed by atoms with E-state index in [2.05, 4.69) is 41.4 Å². The van der Waals surface area contributed by atoms with Crippen molar-refractivity contribution >= 4 is 6.09 Å². The third-order valence-corrected chi connectivity index (χ3v) is 5.56. The van der Waals surface area contributed by atoms with Crippen LogP contribution in [0, 0.1) is 5.92 Å². The minimum Gasteiger partial charge on any atom is -0.444 e. The lowest BCUT2D eigenvalue weighted by molar-refractivity contribution is 0.0350. The highest BCUT2D eigenvalue weighted by atomic mass is 16.6. The molecule has 0 unspecified atom stereocenters. The largest absolute Gasteiger partial charge is 0.444 e. The minimum absolute atomic E-state index is 0.439. The first-order valence-electron chi connectivity index (χ1n) is 11.2. The summed E-state index contributed by atoms with van der Waals surface area (Å²) in [6.07, 6.45) is 0.375. The van der Waals surface area contributed by atoms with Crippen molar-refractivity contribution in [2.75, 3.05) is 13.1 Å². The number of nitrogens with one attached hydrogen (secondary N) is 1. The molecule has 0 spiro atoms. The topological polar surface area (TPSA) is 61.8 Å². The van der Waals surface area contributed by atoms with E-state index in [9.17, 15) is 9.90 Å². The number of fused-ring (bicyclic) bond motifs is 1. The van der Waals surface area contributed by atoms with Crippen LogP contribution in [0.5, 0.6) is 0 Å². The Kier molecular flexibility index (Phi) is 7.74. The first-order valence-corrected chi connectivity index (χ1v) is 11.2. The van der Waals surface area contributed by atoms with E-state index >= 15 is 0 Å². The van der Waals surface area contributed by atoms with Crippen LogP contribution in [0.4, 0.5) is 4.79 Å². The van der Waals surface area contributed by atoms with E-state index in [4.69, 9.17) is 4.74 Å². The van der Waals surface area contributed by atoms with Gasteiger partial charge in [0.1, 0.15) is 5.60 Å². The molecule has 1 amide bonds. The number of rotatable bonds is 6. The van der Waals surface area contributed by atoms with Gasteiger partial charge in [0.25, 0.3) is 0 Å². The number of ether oxygens (including phenoxy) is 1. The van der Waals surface area contributed by atoms with Crippen molar-refractivity contribution < 1.29 is 14.6 Å². The number of carbonyl (C=O) groups excluding carboxylic acids is 1. The molecule has 3 atom stereocenters. The van der Waals surface area contributed by atoms with Crippen LogP contribution >= 0.6 is 0 Å². The molecule has 2 aromatic rings. The maximum Gasteiger partial charge on any atom is 0.407 e. The van der Waals surface area contributed by atoms with Crippen molar-refractivity contribution in [1.29, 1.82) is 0 Å². The summed E-state index contributed by atoms with van der Waals surface area (Å²) in [5.41, 5.74) is 3.19. The maximum atomic E-state index is 12.5. The summed E-state index contributed by atoms with van der Waals surface area (Å²) in [6, 6.07) is 18.0. The van der Waals surface area contributed by atoms with Gasteiger partial charge in [0.2, 0.25) is 0 Å². The standard InChI is InChI=1S/C26H36N2O3/c1-19-14-21-12-8-9-13-22(21)17-28(16-19)18-24(29)23(15-20-10-6-5-7-11-20)27-25(30)31-26(2,3)4/h5-13,19,23-24,29H,14-18H2,1-4H3,(H,27,30)/t19-,23-,24+/m0/s1. The van der Waals surface area contributed by atoms with Gasteiger partial charge >= 0.3 is 6.09 Å². The van der Waals surface area contributed by atoms with Gasteiger partial charge < -0.3 is 15.2 Å². The molecule has 0 aliphatic carbocycles. The summed E-state index contributed by atoms with van der Waals surface area (Å²) >= 11 is 0. The summed E-state index contributed by atoms with van der Waals surface area (Å²) in [6.45, 7) is 9.98. The normalized spacial score (nSPS) is 19.1. The van der Waals surface area contributed by atoms with Crippen molar-refractivity contribution in [1.82, 2.24) is 10.2 Å². The predicted molar refractivity (Wildman–Crippen MR) is 124 cm³/mol. The summed E-state index contributed by atoms with van der Waals surface area (Å²) in [4.78, 5) is 14.8. The van der Waals surface area contributed by atoms with Crippen LogP contribution in [-0.4, -0.2) is 46.9 Å². The Morgan fingerprint density at radius 2 is 1.77 bits per heavy atom. The van der Waals surface area contributed by atoms with Crippen molar-refractivity contribution in [2.45, 2.75) is 64.8 Å². The summed E-state index contributed by atoms with van der Waals surface area (Å²) < 4.78 is 5.45. The van der Waals surface area contributed by atoms with Crippen molar-refractivity contribution in [2.24, 2.45) is 5.92 Å². The lowest BCUT2D eigenvalue weighted by atomic mass is 9.99. The van der Waals surface area contributed by atoms with Crippen LogP contribution in [0.2, 0.25) is 0 Å². The number of benzene rings is 2. The van der Waals surface area contributed by atoms with E-state index < -0.39 is 23.8 Å². The van der Waals surface area contributed by atoms with Crippen LogP contribution < -0.4 is 5.32 Å². The average molecular weight is 425 g/mol. The van der Waals surface area contributed by atoms with Crippen LogP contribution in [0.1, 0.15) is 44.4 Å². The van der Waals surface area contributed by atoms with Crippen LogP contribution in [0.15, 0.2) is 54.6 Å². The number of aliphatic hydroxyl groups excluding tert-OH is 1. The Morgan fingerprint density at radius 3 is 2.45 bits per heavy atom. The van der Waals surface area contributed by atoms with Gasteiger partial charge in [-0.05, 0) is 56.2 Å². The number of aliphatic hydroxyl groups is 1. The minimum atomic E-state index is -0.717. The molecule has 0 aromatic heterocycles. The zero-order valence-electron chi connectivity index (χ0n) is 19.2. The number of carbonyl (C=O) groups is 1.